The van der Waals surface area contributed by atoms with Gasteiger partial charge in [0.2, 0.25) is 0 Å². The van der Waals surface area contributed by atoms with Crippen LogP contribution in [0.25, 0.3) is 16.7 Å². The molecule has 0 aliphatic rings. The summed E-state index contributed by atoms with van der Waals surface area (Å²) in [7, 11) is 0. The number of aryl methyl sites for hydroxylation is 2. The number of benzene rings is 1. The van der Waals surface area contributed by atoms with Gasteiger partial charge in [0.25, 0.3) is 0 Å². The van der Waals surface area contributed by atoms with E-state index in [1.807, 2.05) is 30.0 Å². The van der Waals surface area contributed by atoms with Gasteiger partial charge in [0.05, 0.1) is 6.54 Å². The molecule has 3 N–H and O–H groups in total. The molecule has 0 saturated heterocycles. The fraction of sp³-hybridized carbons (Fsp3) is 0.292. The van der Waals surface area contributed by atoms with Crippen molar-refractivity contribution in [3.8, 4) is 5.82 Å². The van der Waals surface area contributed by atoms with Crippen LogP contribution in [0.5, 0.6) is 0 Å². The third kappa shape index (κ3) is 4.94. The van der Waals surface area contributed by atoms with Gasteiger partial charge < -0.3 is 15.6 Å². The van der Waals surface area contributed by atoms with Crippen LogP contribution < -0.4 is 10.6 Å². The van der Waals surface area contributed by atoms with Gasteiger partial charge in [0, 0.05) is 48.8 Å². The Balaban J connectivity index is 1.36. The highest BCUT2D eigenvalue weighted by molar-refractivity contribution is 5.84. The number of guanidine groups is 1. The average Bonchev–Trinajstić information content (AvgIpc) is 3.38. The first-order chi connectivity index (χ1) is 15.1. The third-order valence-electron chi connectivity index (χ3n) is 5.26. The molecule has 3 heterocycles. The van der Waals surface area contributed by atoms with Crippen molar-refractivity contribution in [1.82, 2.24) is 30.2 Å². The van der Waals surface area contributed by atoms with Gasteiger partial charge in [0.1, 0.15) is 11.6 Å². The van der Waals surface area contributed by atoms with Crippen molar-refractivity contribution in [2.24, 2.45) is 4.99 Å². The minimum Gasteiger partial charge on any atom is -0.361 e. The first-order valence-corrected chi connectivity index (χ1v) is 10.7. The Morgan fingerprint density at radius 1 is 1.13 bits per heavy atom. The molecule has 7 nitrogen and oxygen atoms in total. The van der Waals surface area contributed by atoms with Gasteiger partial charge in [-0.05, 0) is 56.0 Å². The van der Waals surface area contributed by atoms with Crippen LogP contribution in [-0.2, 0) is 13.0 Å². The highest BCUT2D eigenvalue weighted by Gasteiger charge is 2.05. The largest absolute Gasteiger partial charge is 0.361 e. The molecule has 0 radical (unpaired) electrons. The minimum absolute atomic E-state index is 0.567. The molecule has 0 atom stereocenters. The van der Waals surface area contributed by atoms with E-state index in [1.165, 1.54) is 22.0 Å². The predicted molar refractivity (Wildman–Crippen MR) is 126 cm³/mol. The molecule has 4 rings (SSSR count). The zero-order valence-corrected chi connectivity index (χ0v) is 18.3. The van der Waals surface area contributed by atoms with Crippen LogP contribution in [0, 0.1) is 13.8 Å². The number of nitrogens with zero attached hydrogens (tertiary/aromatic N) is 4. The zero-order chi connectivity index (χ0) is 21.6. The molecular formula is C24H29N7. The number of aromatic amines is 1. The van der Waals surface area contributed by atoms with Crippen molar-refractivity contribution in [3.05, 3.63) is 77.6 Å². The first kappa shape index (κ1) is 20.7. The Hall–Kier alpha value is -3.61. The van der Waals surface area contributed by atoms with Gasteiger partial charge in [0.15, 0.2) is 5.96 Å². The molecule has 3 aromatic heterocycles. The summed E-state index contributed by atoms with van der Waals surface area (Å²) in [5.41, 5.74) is 4.83. The summed E-state index contributed by atoms with van der Waals surface area (Å²) < 4.78 is 1.96. The van der Waals surface area contributed by atoms with Crippen molar-refractivity contribution in [2.75, 3.05) is 13.1 Å². The van der Waals surface area contributed by atoms with E-state index in [0.717, 1.165) is 42.7 Å². The SMILES string of the molecule is CCNC(=NCc1ccc(-n2ccnc2C)nc1)NCCc1c[nH]c2cc(C)ccc12. The van der Waals surface area contributed by atoms with Crippen molar-refractivity contribution in [1.29, 1.82) is 0 Å². The molecule has 160 valence electrons. The van der Waals surface area contributed by atoms with Gasteiger partial charge in [-0.2, -0.15) is 0 Å². The van der Waals surface area contributed by atoms with Crippen LogP contribution in [0.2, 0.25) is 0 Å². The molecule has 0 spiro atoms. The smallest absolute Gasteiger partial charge is 0.191 e. The van der Waals surface area contributed by atoms with E-state index in [1.54, 1.807) is 6.20 Å². The third-order valence-corrected chi connectivity index (χ3v) is 5.26. The lowest BCUT2D eigenvalue weighted by Gasteiger charge is -2.11. The number of aliphatic imine (C=N–C) groups is 1. The molecule has 1 aromatic carbocycles. The normalized spacial score (nSPS) is 11.8. The van der Waals surface area contributed by atoms with Gasteiger partial charge in [-0.1, -0.05) is 18.2 Å². The highest BCUT2D eigenvalue weighted by Crippen LogP contribution is 2.19. The van der Waals surface area contributed by atoms with E-state index in [9.17, 15) is 0 Å². The molecule has 0 fully saturated rings. The number of imidazole rings is 1. The van der Waals surface area contributed by atoms with E-state index >= 15 is 0 Å². The quantitative estimate of drug-likeness (QED) is 0.318. The van der Waals surface area contributed by atoms with Gasteiger partial charge >= 0.3 is 0 Å². The second kappa shape index (κ2) is 9.47. The van der Waals surface area contributed by atoms with E-state index in [2.05, 4.69) is 69.9 Å². The molecule has 0 amide bonds. The lowest BCUT2D eigenvalue weighted by Crippen LogP contribution is -2.38. The number of nitrogens with one attached hydrogen (secondary N) is 3. The number of hydrogen-bond acceptors (Lipinski definition) is 3. The van der Waals surface area contributed by atoms with Crippen LogP contribution >= 0.6 is 0 Å². The van der Waals surface area contributed by atoms with Gasteiger partial charge in [-0.3, -0.25) is 4.57 Å². The maximum atomic E-state index is 4.71. The standard InChI is InChI=1S/C24H29N7/c1-4-25-24(27-10-9-20-16-28-22-13-17(2)5-7-21(20)22)30-15-19-6-8-23(29-14-19)31-12-11-26-18(31)3/h5-8,11-14,16,28H,4,9-10,15H2,1-3H3,(H2,25,27,30). The number of fused-ring (bicyclic) bond motifs is 1. The van der Waals surface area contributed by atoms with Crippen molar-refractivity contribution in [3.63, 3.8) is 0 Å². The minimum atomic E-state index is 0.567. The number of aromatic nitrogens is 4. The predicted octanol–water partition coefficient (Wildman–Crippen LogP) is 3.66. The monoisotopic (exact) mass is 415 g/mol. The van der Waals surface area contributed by atoms with Crippen molar-refractivity contribution < 1.29 is 0 Å². The van der Waals surface area contributed by atoms with Crippen molar-refractivity contribution in [2.45, 2.75) is 33.7 Å². The van der Waals surface area contributed by atoms with Gasteiger partial charge in [-0.25, -0.2) is 15.0 Å². The fourth-order valence-corrected chi connectivity index (χ4v) is 3.61. The summed E-state index contributed by atoms with van der Waals surface area (Å²) in [5, 5.41) is 8.04. The van der Waals surface area contributed by atoms with Crippen molar-refractivity contribution >= 4 is 16.9 Å². The molecule has 0 aliphatic heterocycles. The van der Waals surface area contributed by atoms with Crippen LogP contribution in [0.1, 0.15) is 29.4 Å². The van der Waals surface area contributed by atoms with Crippen LogP contribution in [0.15, 0.2) is 60.1 Å². The Labute approximate surface area is 182 Å². The molecule has 0 unspecified atom stereocenters. The molecule has 31 heavy (non-hydrogen) atoms. The molecule has 0 aliphatic carbocycles. The maximum absolute atomic E-state index is 4.71. The molecule has 4 aromatic rings. The number of rotatable bonds is 7. The van der Waals surface area contributed by atoms with Crippen LogP contribution in [0.4, 0.5) is 0 Å². The Kier molecular flexibility index (Phi) is 6.31. The summed E-state index contributed by atoms with van der Waals surface area (Å²) in [6, 6.07) is 10.6. The number of hydrogen-bond donors (Lipinski definition) is 3. The van der Waals surface area contributed by atoms with E-state index in [-0.39, 0.29) is 0 Å². The summed E-state index contributed by atoms with van der Waals surface area (Å²) in [6.07, 6.45) is 8.59. The van der Waals surface area contributed by atoms with Gasteiger partial charge in [-0.15, -0.1) is 0 Å². The highest BCUT2D eigenvalue weighted by atomic mass is 15.2. The topological polar surface area (TPSA) is 82.9 Å². The van der Waals surface area contributed by atoms with E-state index < -0.39 is 0 Å². The zero-order valence-electron chi connectivity index (χ0n) is 18.3. The maximum Gasteiger partial charge on any atom is 0.191 e. The van der Waals surface area contributed by atoms with Crippen LogP contribution in [-0.4, -0.2) is 38.6 Å². The van der Waals surface area contributed by atoms with E-state index in [0.29, 0.717) is 6.54 Å². The number of H-pyrrole nitrogens is 1. The second-order valence-electron chi connectivity index (χ2n) is 7.60. The fourth-order valence-electron chi connectivity index (χ4n) is 3.61. The summed E-state index contributed by atoms with van der Waals surface area (Å²) in [4.78, 5) is 16.9. The molecule has 7 heteroatoms. The molecular weight excluding hydrogens is 386 g/mol. The van der Waals surface area contributed by atoms with E-state index in [4.69, 9.17) is 4.99 Å². The van der Waals surface area contributed by atoms with Crippen LogP contribution in [0.3, 0.4) is 0 Å². The summed E-state index contributed by atoms with van der Waals surface area (Å²) in [6.45, 7) is 8.34. The lowest BCUT2D eigenvalue weighted by atomic mass is 10.1. The molecule has 0 bridgehead atoms. The lowest BCUT2D eigenvalue weighted by molar-refractivity contribution is 0.801. The molecule has 0 saturated carbocycles. The first-order valence-electron chi connectivity index (χ1n) is 10.7. The summed E-state index contributed by atoms with van der Waals surface area (Å²) >= 11 is 0. The Morgan fingerprint density at radius 2 is 2.03 bits per heavy atom. The average molecular weight is 416 g/mol. The number of pyridine rings is 1. The Bertz CT molecular complexity index is 1170. The second-order valence-corrected chi connectivity index (χ2v) is 7.60. The summed E-state index contributed by atoms with van der Waals surface area (Å²) in [5.74, 6) is 2.59. The Morgan fingerprint density at radius 3 is 2.77 bits per heavy atom.